The molecule has 4 heteroatoms. The topological polar surface area (TPSA) is 95.2 Å². The average Bonchev–Trinajstić information content (AvgIpc) is 2.90. The third-order valence-electron chi connectivity index (χ3n) is 4.48. The minimum atomic E-state index is -1.46. The molecule has 0 amide bonds. The highest BCUT2D eigenvalue weighted by Gasteiger charge is 2.63. The van der Waals surface area contributed by atoms with E-state index >= 15 is 0 Å². The molecule has 0 unspecified atom stereocenters. The summed E-state index contributed by atoms with van der Waals surface area (Å²) in [5.41, 5.74) is -1.99. The highest BCUT2D eigenvalue weighted by Crippen LogP contribution is 2.58. The molecule has 110 valence electrons. The van der Waals surface area contributed by atoms with Crippen LogP contribution in [0.5, 0.6) is 0 Å². The van der Waals surface area contributed by atoms with Gasteiger partial charge in [-0.1, -0.05) is 48.6 Å². The molecule has 0 aliphatic heterocycles. The molecule has 1 saturated carbocycles. The first-order valence-electron chi connectivity index (χ1n) is 7.13. The molecule has 23 heavy (non-hydrogen) atoms. The number of benzene rings is 1. The van der Waals surface area contributed by atoms with Gasteiger partial charge in [0.25, 0.3) is 0 Å². The van der Waals surface area contributed by atoms with Gasteiger partial charge in [0.15, 0.2) is 10.8 Å². The standard InChI is InChI=1S/C19H14N4/c1-2-16-10-18(11-20,12-21)17(19(16,13-22)14-23)9-8-15-6-4-3-5-7-15/h2-9,16-17H,1,10H2/b9-8+/t16-,17-/m1/s1. The highest BCUT2D eigenvalue weighted by molar-refractivity contribution is 5.52. The zero-order valence-electron chi connectivity index (χ0n) is 12.5. The molecular formula is C19H14N4. The molecule has 2 rings (SSSR count). The second-order valence-corrected chi connectivity index (χ2v) is 5.58. The van der Waals surface area contributed by atoms with Gasteiger partial charge in [-0.25, -0.2) is 0 Å². The van der Waals surface area contributed by atoms with Gasteiger partial charge in [-0.2, -0.15) is 21.0 Å². The third-order valence-corrected chi connectivity index (χ3v) is 4.48. The molecule has 0 heterocycles. The predicted octanol–water partition coefficient (Wildman–Crippen LogP) is 3.59. The van der Waals surface area contributed by atoms with Crippen molar-refractivity contribution in [2.75, 3.05) is 0 Å². The van der Waals surface area contributed by atoms with E-state index in [1.165, 1.54) is 6.08 Å². The van der Waals surface area contributed by atoms with E-state index in [2.05, 4.69) is 18.7 Å². The van der Waals surface area contributed by atoms with Crippen LogP contribution in [-0.2, 0) is 0 Å². The maximum Gasteiger partial charge on any atom is 0.158 e. The average molecular weight is 298 g/mol. The van der Waals surface area contributed by atoms with Gasteiger partial charge in [-0.05, 0) is 12.0 Å². The summed E-state index contributed by atoms with van der Waals surface area (Å²) in [5.74, 6) is -1.33. The van der Waals surface area contributed by atoms with Crippen LogP contribution in [0, 0.1) is 68.0 Å². The van der Waals surface area contributed by atoms with Crippen molar-refractivity contribution in [3.05, 3.63) is 54.6 Å². The van der Waals surface area contributed by atoms with Crippen molar-refractivity contribution in [2.45, 2.75) is 6.42 Å². The maximum atomic E-state index is 9.64. The molecule has 1 fully saturated rings. The van der Waals surface area contributed by atoms with Crippen LogP contribution in [0.2, 0.25) is 0 Å². The lowest BCUT2D eigenvalue weighted by atomic mass is 9.69. The van der Waals surface area contributed by atoms with Crippen LogP contribution in [0.3, 0.4) is 0 Å². The molecule has 0 spiro atoms. The number of rotatable bonds is 3. The van der Waals surface area contributed by atoms with Gasteiger partial charge in [0.2, 0.25) is 0 Å². The Kier molecular flexibility index (Phi) is 4.32. The maximum absolute atomic E-state index is 9.64. The van der Waals surface area contributed by atoms with Crippen LogP contribution in [0.4, 0.5) is 0 Å². The molecule has 1 aromatic rings. The van der Waals surface area contributed by atoms with Gasteiger partial charge >= 0.3 is 0 Å². The second-order valence-electron chi connectivity index (χ2n) is 5.58. The van der Waals surface area contributed by atoms with Crippen molar-refractivity contribution >= 4 is 6.08 Å². The monoisotopic (exact) mass is 298 g/mol. The summed E-state index contributed by atoms with van der Waals surface area (Å²) in [5, 5.41) is 38.4. The van der Waals surface area contributed by atoms with E-state index in [4.69, 9.17) is 0 Å². The van der Waals surface area contributed by atoms with Crippen LogP contribution >= 0.6 is 0 Å². The SMILES string of the molecule is C=C[C@@H]1CC(C#N)(C#N)[C@@H](/C=C/c2ccccc2)C1(C#N)C#N. The van der Waals surface area contributed by atoms with Crippen LogP contribution in [0.15, 0.2) is 49.1 Å². The summed E-state index contributed by atoms with van der Waals surface area (Å²) in [4.78, 5) is 0. The first-order chi connectivity index (χ1) is 11.1. The quantitative estimate of drug-likeness (QED) is 0.796. The summed E-state index contributed by atoms with van der Waals surface area (Å²) in [6.07, 6.45) is 5.04. The first-order valence-corrected chi connectivity index (χ1v) is 7.13. The van der Waals surface area contributed by atoms with E-state index in [0.29, 0.717) is 0 Å². The molecule has 0 bridgehead atoms. The van der Waals surface area contributed by atoms with E-state index in [0.717, 1.165) is 5.56 Å². The van der Waals surface area contributed by atoms with Gasteiger partial charge in [0, 0.05) is 11.8 Å². The molecule has 1 aliphatic rings. The normalized spacial score (nSPS) is 24.0. The van der Waals surface area contributed by atoms with E-state index < -0.39 is 22.7 Å². The van der Waals surface area contributed by atoms with Gasteiger partial charge in [0.05, 0.1) is 24.3 Å². The number of allylic oxidation sites excluding steroid dienone is 2. The molecule has 2 atom stereocenters. The smallest absolute Gasteiger partial charge is 0.158 e. The zero-order valence-corrected chi connectivity index (χ0v) is 12.5. The lowest BCUT2D eigenvalue weighted by molar-refractivity contribution is 0.341. The van der Waals surface area contributed by atoms with Crippen molar-refractivity contribution in [1.29, 1.82) is 21.0 Å². The van der Waals surface area contributed by atoms with Crippen molar-refractivity contribution < 1.29 is 0 Å². The van der Waals surface area contributed by atoms with E-state index in [1.54, 1.807) is 12.2 Å². The Bertz CT molecular complexity index is 765. The van der Waals surface area contributed by atoms with Crippen molar-refractivity contribution in [3.63, 3.8) is 0 Å². The Morgan fingerprint density at radius 2 is 1.61 bits per heavy atom. The molecule has 0 radical (unpaired) electrons. The number of nitriles is 4. The molecule has 1 aromatic carbocycles. The third kappa shape index (κ3) is 2.38. The Labute approximate surface area is 135 Å². The Morgan fingerprint density at radius 1 is 1.00 bits per heavy atom. The van der Waals surface area contributed by atoms with E-state index in [9.17, 15) is 21.0 Å². The molecule has 0 saturated heterocycles. The fraction of sp³-hybridized carbons (Fsp3) is 0.263. The number of hydrogen-bond acceptors (Lipinski definition) is 4. The minimum absolute atomic E-state index is 0.133. The summed E-state index contributed by atoms with van der Waals surface area (Å²) in [7, 11) is 0. The van der Waals surface area contributed by atoms with Crippen LogP contribution < -0.4 is 0 Å². The van der Waals surface area contributed by atoms with Crippen LogP contribution in [0.25, 0.3) is 6.08 Å². The zero-order chi connectivity index (χ0) is 16.9. The summed E-state index contributed by atoms with van der Waals surface area (Å²) in [6, 6.07) is 17.5. The minimum Gasteiger partial charge on any atom is -0.197 e. The van der Waals surface area contributed by atoms with Crippen molar-refractivity contribution in [1.82, 2.24) is 0 Å². The summed E-state index contributed by atoms with van der Waals surface area (Å²) < 4.78 is 0. The molecule has 0 aromatic heterocycles. The Balaban J connectivity index is 2.59. The van der Waals surface area contributed by atoms with Gasteiger partial charge < -0.3 is 0 Å². The molecule has 1 aliphatic carbocycles. The van der Waals surface area contributed by atoms with Gasteiger partial charge in [-0.15, -0.1) is 6.58 Å². The van der Waals surface area contributed by atoms with Gasteiger partial charge in [-0.3, -0.25) is 0 Å². The van der Waals surface area contributed by atoms with Gasteiger partial charge in [0.1, 0.15) is 0 Å². The van der Waals surface area contributed by atoms with E-state index in [1.807, 2.05) is 42.5 Å². The largest absolute Gasteiger partial charge is 0.197 e. The van der Waals surface area contributed by atoms with Crippen LogP contribution in [0.1, 0.15) is 12.0 Å². The lowest BCUT2D eigenvalue weighted by Gasteiger charge is -2.25. The Hall–Kier alpha value is -3.34. The summed E-state index contributed by atoms with van der Waals surface area (Å²) >= 11 is 0. The fourth-order valence-corrected chi connectivity index (χ4v) is 3.20. The van der Waals surface area contributed by atoms with Crippen molar-refractivity contribution in [3.8, 4) is 24.3 Å². The summed E-state index contributed by atoms with van der Waals surface area (Å²) in [6.45, 7) is 3.68. The molecule has 0 N–H and O–H groups in total. The second kappa shape index (κ2) is 6.19. The number of nitrogens with zero attached hydrogens (tertiary/aromatic N) is 4. The van der Waals surface area contributed by atoms with Crippen molar-refractivity contribution in [2.24, 2.45) is 22.7 Å². The van der Waals surface area contributed by atoms with E-state index in [-0.39, 0.29) is 6.42 Å². The number of hydrogen-bond donors (Lipinski definition) is 0. The first kappa shape index (κ1) is 16.0. The highest BCUT2D eigenvalue weighted by atomic mass is 14.6. The predicted molar refractivity (Wildman–Crippen MR) is 84.6 cm³/mol. The lowest BCUT2D eigenvalue weighted by Crippen LogP contribution is -2.32. The molecular weight excluding hydrogens is 284 g/mol. The Morgan fingerprint density at radius 3 is 2.09 bits per heavy atom. The fourth-order valence-electron chi connectivity index (χ4n) is 3.20. The molecule has 4 nitrogen and oxygen atoms in total. The van der Waals surface area contributed by atoms with Crippen LogP contribution in [-0.4, -0.2) is 0 Å².